The molecule has 1 aliphatic heterocycles. The first kappa shape index (κ1) is 19.7. The van der Waals surface area contributed by atoms with Crippen LogP contribution in [0.4, 0.5) is 11.4 Å². The molecule has 1 aliphatic rings. The van der Waals surface area contributed by atoms with E-state index in [-0.39, 0.29) is 10.6 Å². The van der Waals surface area contributed by atoms with Gasteiger partial charge in [0.15, 0.2) is 6.10 Å². The van der Waals surface area contributed by atoms with Crippen LogP contribution >= 0.6 is 0 Å². The predicted molar refractivity (Wildman–Crippen MR) is 108 cm³/mol. The normalized spacial score (nSPS) is 18.7. The molecule has 152 valence electrons. The summed E-state index contributed by atoms with van der Waals surface area (Å²) in [5.74, 6) is -0.486. The van der Waals surface area contributed by atoms with E-state index in [0.717, 1.165) is 29.8 Å². The monoisotopic (exact) mass is 424 g/mol. The number of non-ortho nitro benzene ring substituents is 1. The summed E-state index contributed by atoms with van der Waals surface area (Å²) in [4.78, 5) is 24.2. The van der Waals surface area contributed by atoms with Gasteiger partial charge in [-0.25, -0.2) is 0 Å². The summed E-state index contributed by atoms with van der Waals surface area (Å²) in [5.41, 5.74) is 1.11. The molecule has 0 N–H and O–H groups in total. The number of carbonyl (C=O) groups excluding carboxylic acids is 1. The fourth-order valence-corrected chi connectivity index (χ4v) is 4.37. The first-order valence-electron chi connectivity index (χ1n) is 8.99. The molecule has 0 bridgehead atoms. The molecule has 3 aromatic carbocycles. The van der Waals surface area contributed by atoms with E-state index in [9.17, 15) is 23.3 Å². The molecular weight excluding hydrogens is 408 g/mol. The van der Waals surface area contributed by atoms with Gasteiger partial charge in [-0.05, 0) is 29.8 Å². The minimum Gasteiger partial charge on any atom is -0.299 e. The van der Waals surface area contributed by atoms with Crippen LogP contribution in [0.3, 0.4) is 0 Å². The Morgan fingerprint density at radius 1 is 0.867 bits per heavy atom. The SMILES string of the molecule is O=C1C(OS(=O)(=O)c2ccc([N+](=O)[O-])cc2)C(c2ccccc2)N1c1ccccc1. The van der Waals surface area contributed by atoms with Gasteiger partial charge in [-0.15, -0.1) is 0 Å². The van der Waals surface area contributed by atoms with E-state index in [1.165, 1.54) is 4.90 Å². The number of nitrogens with zero attached hydrogens (tertiary/aromatic N) is 2. The fraction of sp³-hybridized carbons (Fsp3) is 0.0952. The summed E-state index contributed by atoms with van der Waals surface area (Å²) in [5, 5.41) is 10.8. The second kappa shape index (κ2) is 7.69. The topological polar surface area (TPSA) is 107 Å². The molecule has 2 atom stereocenters. The molecule has 2 unspecified atom stereocenters. The lowest BCUT2D eigenvalue weighted by Crippen LogP contribution is -2.60. The third kappa shape index (κ3) is 3.56. The molecule has 1 fully saturated rings. The number of carbonyl (C=O) groups is 1. The van der Waals surface area contributed by atoms with Crippen LogP contribution in [-0.4, -0.2) is 25.4 Å². The number of hydrogen-bond acceptors (Lipinski definition) is 6. The van der Waals surface area contributed by atoms with Gasteiger partial charge < -0.3 is 0 Å². The van der Waals surface area contributed by atoms with Crippen LogP contribution in [0.2, 0.25) is 0 Å². The van der Waals surface area contributed by atoms with Crippen LogP contribution in [0.15, 0.2) is 89.8 Å². The zero-order valence-corrected chi connectivity index (χ0v) is 16.3. The van der Waals surface area contributed by atoms with Crippen LogP contribution < -0.4 is 4.90 Å². The minimum atomic E-state index is -4.31. The summed E-state index contributed by atoms with van der Waals surface area (Å²) >= 11 is 0. The quantitative estimate of drug-likeness (QED) is 0.260. The number of β-lactam (4-membered cyclic amide) rings is 1. The van der Waals surface area contributed by atoms with Gasteiger partial charge in [0.25, 0.3) is 21.7 Å². The van der Waals surface area contributed by atoms with E-state index in [1.54, 1.807) is 48.5 Å². The summed E-state index contributed by atoms with van der Waals surface area (Å²) < 4.78 is 30.7. The maximum absolute atomic E-state index is 12.8. The summed E-state index contributed by atoms with van der Waals surface area (Å²) in [7, 11) is -4.31. The number of rotatable bonds is 6. The minimum absolute atomic E-state index is 0.244. The van der Waals surface area contributed by atoms with Crippen molar-refractivity contribution in [2.75, 3.05) is 4.90 Å². The number of nitro benzene ring substituents is 1. The molecule has 1 saturated heterocycles. The first-order valence-corrected chi connectivity index (χ1v) is 10.4. The Balaban J connectivity index is 1.65. The van der Waals surface area contributed by atoms with Crippen LogP contribution in [0.25, 0.3) is 0 Å². The summed E-state index contributed by atoms with van der Waals surface area (Å²) in [6, 6.07) is 21.6. The van der Waals surface area contributed by atoms with Crippen molar-refractivity contribution in [2.24, 2.45) is 0 Å². The Labute approximate surface area is 172 Å². The van der Waals surface area contributed by atoms with Crippen LogP contribution in [-0.2, 0) is 19.1 Å². The number of hydrogen-bond donors (Lipinski definition) is 0. The Kier molecular flexibility index (Phi) is 5.06. The second-order valence-electron chi connectivity index (χ2n) is 6.62. The van der Waals surface area contributed by atoms with Crippen molar-refractivity contribution in [3.63, 3.8) is 0 Å². The Morgan fingerprint density at radius 2 is 1.43 bits per heavy atom. The highest BCUT2D eigenvalue weighted by molar-refractivity contribution is 7.86. The maximum Gasteiger partial charge on any atom is 0.297 e. The van der Waals surface area contributed by atoms with Crippen molar-refractivity contribution in [1.82, 2.24) is 0 Å². The van der Waals surface area contributed by atoms with E-state index < -0.39 is 33.1 Å². The zero-order chi connectivity index (χ0) is 21.3. The van der Waals surface area contributed by atoms with Crippen molar-refractivity contribution in [3.05, 3.63) is 101 Å². The number of benzene rings is 3. The Hall–Kier alpha value is -3.56. The largest absolute Gasteiger partial charge is 0.299 e. The fourth-order valence-electron chi connectivity index (χ4n) is 3.33. The van der Waals surface area contributed by atoms with Gasteiger partial charge in [0.05, 0.1) is 15.9 Å². The molecule has 0 radical (unpaired) electrons. The number of nitro groups is 1. The maximum atomic E-state index is 12.8. The summed E-state index contributed by atoms with van der Waals surface area (Å²) in [6.45, 7) is 0. The zero-order valence-electron chi connectivity index (χ0n) is 15.5. The van der Waals surface area contributed by atoms with Gasteiger partial charge in [0.1, 0.15) is 0 Å². The number of amides is 1. The smallest absolute Gasteiger partial charge is 0.297 e. The van der Waals surface area contributed by atoms with Gasteiger partial charge in [0.2, 0.25) is 0 Å². The molecule has 1 heterocycles. The van der Waals surface area contributed by atoms with Crippen LogP contribution in [0, 0.1) is 10.1 Å². The van der Waals surface area contributed by atoms with Crippen molar-refractivity contribution in [2.45, 2.75) is 17.0 Å². The molecule has 30 heavy (non-hydrogen) atoms. The molecular formula is C21H16N2O6S. The summed E-state index contributed by atoms with van der Waals surface area (Å²) in [6.07, 6.45) is -1.24. The van der Waals surface area contributed by atoms with Gasteiger partial charge in [0, 0.05) is 17.8 Å². The standard InChI is InChI=1S/C21H16N2O6S/c24-21-20(29-30(27,28)18-13-11-17(12-14-18)23(25)26)19(15-7-3-1-4-8-15)22(21)16-9-5-2-6-10-16/h1-14,19-20H. The molecule has 0 spiro atoms. The third-order valence-electron chi connectivity index (χ3n) is 4.79. The number of anilines is 1. The average molecular weight is 424 g/mol. The molecule has 0 saturated carbocycles. The predicted octanol–water partition coefficient (Wildman–Crippen LogP) is 3.46. The van der Waals surface area contributed by atoms with Crippen molar-refractivity contribution < 1.29 is 22.3 Å². The molecule has 8 nitrogen and oxygen atoms in total. The highest BCUT2D eigenvalue weighted by Gasteiger charge is 2.52. The second-order valence-corrected chi connectivity index (χ2v) is 8.19. The Morgan fingerprint density at radius 3 is 2.00 bits per heavy atom. The lowest BCUT2D eigenvalue weighted by molar-refractivity contribution is -0.384. The van der Waals surface area contributed by atoms with Gasteiger partial charge in [-0.1, -0.05) is 48.5 Å². The van der Waals surface area contributed by atoms with E-state index >= 15 is 0 Å². The third-order valence-corrected chi connectivity index (χ3v) is 6.10. The number of para-hydroxylation sites is 1. The average Bonchev–Trinajstić information content (AvgIpc) is 2.77. The van der Waals surface area contributed by atoms with E-state index in [1.807, 2.05) is 12.1 Å². The molecule has 4 rings (SSSR count). The highest BCUT2D eigenvalue weighted by Crippen LogP contribution is 2.42. The van der Waals surface area contributed by atoms with Gasteiger partial charge in [-0.2, -0.15) is 8.42 Å². The van der Waals surface area contributed by atoms with Gasteiger partial charge in [-0.3, -0.25) is 24.0 Å². The lowest BCUT2D eigenvalue weighted by Gasteiger charge is -2.46. The van der Waals surface area contributed by atoms with Gasteiger partial charge >= 0.3 is 0 Å². The van der Waals surface area contributed by atoms with Crippen LogP contribution in [0.1, 0.15) is 11.6 Å². The van der Waals surface area contributed by atoms with E-state index in [0.29, 0.717) is 5.69 Å². The van der Waals surface area contributed by atoms with E-state index in [4.69, 9.17) is 4.18 Å². The first-order chi connectivity index (χ1) is 14.4. The Bertz CT molecular complexity index is 1180. The van der Waals surface area contributed by atoms with Crippen molar-refractivity contribution >= 4 is 27.4 Å². The lowest BCUT2D eigenvalue weighted by atomic mass is 9.90. The molecule has 3 aromatic rings. The van der Waals surface area contributed by atoms with Crippen LogP contribution in [0.5, 0.6) is 0 Å². The van der Waals surface area contributed by atoms with E-state index in [2.05, 4.69) is 0 Å². The van der Waals surface area contributed by atoms with Crippen molar-refractivity contribution in [1.29, 1.82) is 0 Å². The molecule has 0 aliphatic carbocycles. The van der Waals surface area contributed by atoms with Crippen molar-refractivity contribution in [3.8, 4) is 0 Å². The molecule has 9 heteroatoms. The highest BCUT2D eigenvalue weighted by atomic mass is 32.2. The molecule has 0 aromatic heterocycles. The molecule has 1 amide bonds.